The second kappa shape index (κ2) is 9.85. The minimum atomic E-state index is -3.55. The second-order valence-electron chi connectivity index (χ2n) is 7.87. The van der Waals surface area contributed by atoms with E-state index in [0.717, 1.165) is 18.4 Å². The van der Waals surface area contributed by atoms with Crippen LogP contribution >= 0.6 is 0 Å². The van der Waals surface area contributed by atoms with Crippen LogP contribution < -0.4 is 5.32 Å². The molecule has 0 spiro atoms. The van der Waals surface area contributed by atoms with Crippen LogP contribution in [0.5, 0.6) is 0 Å². The third kappa shape index (κ3) is 4.87. The number of nitrogens with zero attached hydrogens (tertiary/aromatic N) is 2. The van der Waals surface area contributed by atoms with Gasteiger partial charge in [0.1, 0.15) is 6.04 Å². The zero-order valence-electron chi connectivity index (χ0n) is 17.7. The van der Waals surface area contributed by atoms with Crippen LogP contribution in [0, 0.1) is 0 Å². The van der Waals surface area contributed by atoms with E-state index in [1.807, 2.05) is 0 Å². The lowest BCUT2D eigenvalue weighted by atomic mass is 10.0. The Kier molecular flexibility index (Phi) is 6.92. The van der Waals surface area contributed by atoms with E-state index in [0.29, 0.717) is 39.3 Å². The molecule has 2 aromatic rings. The molecule has 1 aromatic heterocycles. The molecule has 2 aliphatic heterocycles. The van der Waals surface area contributed by atoms with Crippen molar-refractivity contribution in [2.75, 3.05) is 32.8 Å². The van der Waals surface area contributed by atoms with E-state index in [4.69, 9.17) is 9.15 Å². The zero-order valence-corrected chi connectivity index (χ0v) is 18.6. The number of carbonyl (C=O) groups excluding carboxylic acids is 2. The Labute approximate surface area is 187 Å². The molecule has 172 valence electrons. The topological polar surface area (TPSA) is 109 Å². The molecule has 0 aliphatic carbocycles. The summed E-state index contributed by atoms with van der Waals surface area (Å²) in [7, 11) is -3.55. The van der Waals surface area contributed by atoms with Crippen LogP contribution in [-0.4, -0.2) is 68.3 Å². The summed E-state index contributed by atoms with van der Waals surface area (Å²) in [4.78, 5) is 27.3. The number of piperidine rings is 1. The Balaban J connectivity index is 1.37. The third-order valence-electron chi connectivity index (χ3n) is 5.80. The van der Waals surface area contributed by atoms with Crippen LogP contribution in [0.2, 0.25) is 0 Å². The van der Waals surface area contributed by atoms with Crippen LogP contribution in [0.1, 0.15) is 35.4 Å². The lowest BCUT2D eigenvalue weighted by Gasteiger charge is -2.34. The van der Waals surface area contributed by atoms with Gasteiger partial charge in [-0.2, -0.15) is 4.31 Å². The van der Waals surface area contributed by atoms with E-state index < -0.39 is 16.1 Å². The molecule has 0 bridgehead atoms. The van der Waals surface area contributed by atoms with Crippen LogP contribution in [0.15, 0.2) is 52.0 Å². The number of hydrogen-bond acceptors (Lipinski definition) is 6. The molecule has 2 saturated heterocycles. The van der Waals surface area contributed by atoms with Gasteiger partial charge in [0.25, 0.3) is 5.91 Å². The van der Waals surface area contributed by atoms with Gasteiger partial charge in [-0.3, -0.25) is 9.59 Å². The highest BCUT2D eigenvalue weighted by Gasteiger charge is 2.33. The van der Waals surface area contributed by atoms with Crippen molar-refractivity contribution < 1.29 is 27.2 Å². The van der Waals surface area contributed by atoms with Crippen molar-refractivity contribution >= 4 is 21.8 Å². The van der Waals surface area contributed by atoms with Gasteiger partial charge in [-0.25, -0.2) is 8.42 Å². The van der Waals surface area contributed by atoms with Crippen LogP contribution in [0.25, 0.3) is 0 Å². The first-order chi connectivity index (χ1) is 15.5. The molecular weight excluding hydrogens is 434 g/mol. The molecule has 1 aromatic carbocycles. The van der Waals surface area contributed by atoms with Crippen molar-refractivity contribution in [3.63, 3.8) is 0 Å². The fraction of sp³-hybridized carbons (Fsp3) is 0.455. The van der Waals surface area contributed by atoms with Gasteiger partial charge in [-0.1, -0.05) is 12.1 Å². The molecule has 2 fully saturated rings. The molecule has 1 N–H and O–H groups in total. The highest BCUT2D eigenvalue weighted by atomic mass is 32.2. The number of nitrogens with one attached hydrogen (secondary N) is 1. The minimum absolute atomic E-state index is 0.219. The van der Waals surface area contributed by atoms with Gasteiger partial charge in [0.05, 0.1) is 24.4 Å². The Morgan fingerprint density at radius 1 is 1.03 bits per heavy atom. The number of likely N-dealkylation sites (tertiary alicyclic amines) is 1. The predicted octanol–water partition coefficient (Wildman–Crippen LogP) is 1.61. The van der Waals surface area contributed by atoms with Gasteiger partial charge >= 0.3 is 0 Å². The fourth-order valence-corrected chi connectivity index (χ4v) is 5.42. The van der Waals surface area contributed by atoms with Gasteiger partial charge in [-0.15, -0.1) is 0 Å². The summed E-state index contributed by atoms with van der Waals surface area (Å²) < 4.78 is 37.3. The van der Waals surface area contributed by atoms with Gasteiger partial charge < -0.3 is 19.4 Å². The van der Waals surface area contributed by atoms with Crippen molar-refractivity contribution in [2.24, 2.45) is 0 Å². The van der Waals surface area contributed by atoms with Crippen molar-refractivity contribution in [1.82, 2.24) is 14.5 Å². The van der Waals surface area contributed by atoms with Crippen molar-refractivity contribution in [3.05, 3.63) is 54.0 Å². The SMILES string of the molecule is O=C(NCc1ccc(S(=O)(=O)N2CCOCC2)cc1)C1CCCCN1C(=O)c1ccco1. The molecule has 4 rings (SSSR count). The monoisotopic (exact) mass is 461 g/mol. The van der Waals surface area contributed by atoms with Crippen LogP contribution in [-0.2, 0) is 26.1 Å². The van der Waals surface area contributed by atoms with Crippen molar-refractivity contribution in [1.29, 1.82) is 0 Å². The summed E-state index contributed by atoms with van der Waals surface area (Å²) in [6, 6.07) is 9.19. The quantitative estimate of drug-likeness (QED) is 0.700. The minimum Gasteiger partial charge on any atom is -0.459 e. The molecule has 1 atom stereocenters. The number of morpholine rings is 1. The normalized spacial score (nSPS) is 20.1. The van der Waals surface area contributed by atoms with E-state index in [1.54, 1.807) is 41.3 Å². The highest BCUT2D eigenvalue weighted by Crippen LogP contribution is 2.21. The summed E-state index contributed by atoms with van der Waals surface area (Å²) >= 11 is 0. The first-order valence-electron chi connectivity index (χ1n) is 10.8. The number of benzene rings is 1. The summed E-state index contributed by atoms with van der Waals surface area (Å²) in [6.45, 7) is 2.22. The summed E-state index contributed by atoms with van der Waals surface area (Å²) in [5, 5.41) is 2.88. The first kappa shape index (κ1) is 22.5. The maximum atomic E-state index is 12.8. The number of carbonyl (C=O) groups is 2. The van der Waals surface area contributed by atoms with E-state index in [-0.39, 0.29) is 29.0 Å². The molecule has 0 radical (unpaired) electrons. The smallest absolute Gasteiger partial charge is 0.290 e. The fourth-order valence-electron chi connectivity index (χ4n) is 4.01. The zero-order chi connectivity index (χ0) is 22.6. The lowest BCUT2D eigenvalue weighted by molar-refractivity contribution is -0.126. The number of ether oxygens (including phenoxy) is 1. The maximum absolute atomic E-state index is 12.8. The molecule has 0 saturated carbocycles. The number of hydrogen-bond donors (Lipinski definition) is 1. The second-order valence-corrected chi connectivity index (χ2v) is 9.80. The summed E-state index contributed by atoms with van der Waals surface area (Å²) in [5.41, 5.74) is 0.777. The predicted molar refractivity (Wildman–Crippen MR) is 115 cm³/mol. The number of furan rings is 1. The number of rotatable bonds is 6. The van der Waals surface area contributed by atoms with Crippen LogP contribution in [0.4, 0.5) is 0 Å². The first-order valence-corrected chi connectivity index (χ1v) is 12.2. The number of amides is 2. The third-order valence-corrected chi connectivity index (χ3v) is 7.71. The largest absolute Gasteiger partial charge is 0.459 e. The van der Waals surface area contributed by atoms with Crippen molar-refractivity contribution in [2.45, 2.75) is 36.7 Å². The van der Waals surface area contributed by atoms with Crippen LogP contribution in [0.3, 0.4) is 0 Å². The molecule has 2 aliphatic rings. The molecular formula is C22H27N3O6S. The number of sulfonamides is 1. The molecule has 3 heterocycles. The Morgan fingerprint density at radius 3 is 2.47 bits per heavy atom. The van der Waals surface area contributed by atoms with Crippen molar-refractivity contribution in [3.8, 4) is 0 Å². The lowest BCUT2D eigenvalue weighted by Crippen LogP contribution is -2.51. The summed E-state index contributed by atoms with van der Waals surface area (Å²) in [5.74, 6) is -0.288. The highest BCUT2D eigenvalue weighted by molar-refractivity contribution is 7.89. The van der Waals surface area contributed by atoms with Gasteiger partial charge in [-0.05, 0) is 49.1 Å². The molecule has 9 nitrogen and oxygen atoms in total. The average molecular weight is 462 g/mol. The average Bonchev–Trinajstić information content (AvgIpc) is 3.38. The Bertz CT molecular complexity index is 1030. The van der Waals surface area contributed by atoms with E-state index in [2.05, 4.69) is 5.32 Å². The standard InChI is InChI=1S/C22H27N3O6S/c26-21(19-4-1-2-10-25(19)22(27)20-5-3-13-31-20)23-16-17-6-8-18(9-7-17)32(28,29)24-11-14-30-15-12-24/h3,5-9,13,19H,1-2,4,10-12,14-16H2,(H,23,26). The molecule has 1 unspecified atom stereocenters. The Hall–Kier alpha value is -2.69. The van der Waals surface area contributed by atoms with Gasteiger partial charge in [0.2, 0.25) is 15.9 Å². The maximum Gasteiger partial charge on any atom is 0.290 e. The summed E-state index contributed by atoms with van der Waals surface area (Å²) in [6.07, 6.45) is 3.74. The molecule has 10 heteroatoms. The van der Waals surface area contributed by atoms with E-state index in [9.17, 15) is 18.0 Å². The van der Waals surface area contributed by atoms with E-state index >= 15 is 0 Å². The Morgan fingerprint density at radius 2 is 1.78 bits per heavy atom. The van der Waals surface area contributed by atoms with E-state index in [1.165, 1.54) is 10.6 Å². The van der Waals surface area contributed by atoms with Gasteiger partial charge in [0, 0.05) is 26.2 Å². The molecule has 32 heavy (non-hydrogen) atoms. The van der Waals surface area contributed by atoms with Gasteiger partial charge in [0.15, 0.2) is 5.76 Å². The molecule has 2 amide bonds.